The van der Waals surface area contributed by atoms with Gasteiger partial charge in [-0.25, -0.2) is 17.8 Å². The van der Waals surface area contributed by atoms with Gasteiger partial charge in [-0.15, -0.1) is 0 Å². The summed E-state index contributed by atoms with van der Waals surface area (Å²) in [6.07, 6.45) is 1.43. The third-order valence-corrected chi connectivity index (χ3v) is 3.71. The van der Waals surface area contributed by atoms with Crippen molar-refractivity contribution < 1.29 is 17.5 Å². The van der Waals surface area contributed by atoms with Crippen LogP contribution < -0.4 is 9.46 Å². The Hall–Kier alpha value is -2.15. The van der Waals surface area contributed by atoms with Gasteiger partial charge in [-0.3, -0.25) is 4.72 Å². The van der Waals surface area contributed by atoms with E-state index in [0.717, 1.165) is 0 Å². The van der Waals surface area contributed by atoms with Gasteiger partial charge in [0.25, 0.3) is 10.0 Å². The summed E-state index contributed by atoms with van der Waals surface area (Å²) in [6.45, 7) is 0. The second kappa shape index (κ2) is 5.23. The molecule has 0 aliphatic carbocycles. The normalized spacial score (nSPS) is 11.1. The molecule has 1 aromatic carbocycles. The third-order valence-electron chi connectivity index (χ3n) is 2.32. The lowest BCUT2D eigenvalue weighted by molar-refractivity contribution is 0.385. The van der Waals surface area contributed by atoms with Crippen LogP contribution in [-0.4, -0.2) is 20.5 Å². The Labute approximate surface area is 110 Å². The average Bonchev–Trinajstić information content (AvgIpc) is 2.41. The summed E-state index contributed by atoms with van der Waals surface area (Å²) in [5.74, 6) is -0.445. The van der Waals surface area contributed by atoms with E-state index in [9.17, 15) is 12.8 Å². The van der Waals surface area contributed by atoms with Gasteiger partial charge in [-0.05, 0) is 36.4 Å². The highest BCUT2D eigenvalue weighted by Crippen LogP contribution is 2.22. The van der Waals surface area contributed by atoms with Crippen molar-refractivity contribution in [2.45, 2.75) is 4.90 Å². The van der Waals surface area contributed by atoms with Crippen molar-refractivity contribution in [1.29, 1.82) is 0 Å². The predicted molar refractivity (Wildman–Crippen MR) is 68.0 cm³/mol. The van der Waals surface area contributed by atoms with E-state index in [1.807, 2.05) is 0 Å². The maximum absolute atomic E-state index is 12.8. The van der Waals surface area contributed by atoms with Crippen LogP contribution in [0, 0.1) is 5.82 Å². The summed E-state index contributed by atoms with van der Waals surface area (Å²) in [6, 6.07) is 7.85. The maximum Gasteiger partial charge on any atom is 0.267 e. The first-order chi connectivity index (χ1) is 9.03. The van der Waals surface area contributed by atoms with Crippen LogP contribution in [0.3, 0.4) is 0 Å². The summed E-state index contributed by atoms with van der Waals surface area (Å²) in [4.78, 5) is 3.74. The summed E-state index contributed by atoms with van der Waals surface area (Å²) < 4.78 is 44.3. The number of sulfonamides is 1. The molecule has 0 saturated heterocycles. The highest BCUT2D eigenvalue weighted by Gasteiger charge is 2.20. The van der Waals surface area contributed by atoms with Gasteiger partial charge < -0.3 is 4.74 Å². The highest BCUT2D eigenvalue weighted by atomic mass is 32.2. The molecule has 1 N–H and O–H groups in total. The molecule has 100 valence electrons. The Balaban J connectivity index is 2.35. The van der Waals surface area contributed by atoms with E-state index in [1.165, 1.54) is 49.7 Å². The van der Waals surface area contributed by atoms with Crippen molar-refractivity contribution in [3.05, 3.63) is 48.4 Å². The Morgan fingerprint density at radius 3 is 2.53 bits per heavy atom. The molecule has 0 amide bonds. The first kappa shape index (κ1) is 13.3. The monoisotopic (exact) mass is 282 g/mol. The summed E-state index contributed by atoms with van der Waals surface area (Å²) in [5.41, 5.74) is 0.257. The SMILES string of the molecule is COc1ncccc1S(=O)(=O)Nc1ccc(F)cc1. The smallest absolute Gasteiger partial charge is 0.267 e. The van der Waals surface area contributed by atoms with Crippen LogP contribution >= 0.6 is 0 Å². The zero-order valence-electron chi connectivity index (χ0n) is 10.00. The number of anilines is 1. The summed E-state index contributed by atoms with van der Waals surface area (Å²) >= 11 is 0. The minimum absolute atomic E-state index is 0.00267. The van der Waals surface area contributed by atoms with Crippen molar-refractivity contribution in [3.8, 4) is 5.88 Å². The molecule has 2 rings (SSSR count). The molecule has 0 saturated carbocycles. The molecular weight excluding hydrogens is 271 g/mol. The van der Waals surface area contributed by atoms with Gasteiger partial charge in [0.1, 0.15) is 10.7 Å². The van der Waals surface area contributed by atoms with Crippen molar-refractivity contribution >= 4 is 15.7 Å². The van der Waals surface area contributed by atoms with E-state index < -0.39 is 15.8 Å². The number of hydrogen-bond acceptors (Lipinski definition) is 4. The van der Waals surface area contributed by atoms with Crippen LogP contribution in [-0.2, 0) is 10.0 Å². The van der Waals surface area contributed by atoms with E-state index >= 15 is 0 Å². The number of nitrogens with one attached hydrogen (secondary N) is 1. The van der Waals surface area contributed by atoms with Gasteiger partial charge >= 0.3 is 0 Å². The molecule has 19 heavy (non-hydrogen) atoms. The molecule has 2 aromatic rings. The fourth-order valence-corrected chi connectivity index (χ4v) is 2.64. The van der Waals surface area contributed by atoms with Crippen LogP contribution in [0.25, 0.3) is 0 Å². The number of methoxy groups -OCH3 is 1. The lowest BCUT2D eigenvalue weighted by atomic mass is 10.3. The second-order valence-corrected chi connectivity index (χ2v) is 5.27. The number of hydrogen-bond donors (Lipinski definition) is 1. The molecule has 0 atom stereocenters. The second-order valence-electron chi connectivity index (χ2n) is 3.62. The molecule has 1 aromatic heterocycles. The largest absolute Gasteiger partial charge is 0.480 e. The van der Waals surface area contributed by atoms with Crippen LogP contribution in [0.1, 0.15) is 0 Å². The van der Waals surface area contributed by atoms with Gasteiger partial charge in [0.2, 0.25) is 5.88 Å². The van der Waals surface area contributed by atoms with E-state index in [0.29, 0.717) is 0 Å². The number of nitrogens with zero attached hydrogens (tertiary/aromatic N) is 1. The van der Waals surface area contributed by atoms with Gasteiger partial charge in [-0.2, -0.15) is 0 Å². The minimum atomic E-state index is -3.83. The zero-order chi connectivity index (χ0) is 13.9. The maximum atomic E-state index is 12.8. The fraction of sp³-hybridized carbons (Fsp3) is 0.0833. The van der Waals surface area contributed by atoms with E-state index in [2.05, 4.69) is 9.71 Å². The highest BCUT2D eigenvalue weighted by molar-refractivity contribution is 7.92. The Bertz CT molecular complexity index is 672. The zero-order valence-corrected chi connectivity index (χ0v) is 10.8. The number of benzene rings is 1. The van der Waals surface area contributed by atoms with E-state index in [4.69, 9.17) is 4.74 Å². The van der Waals surface area contributed by atoms with E-state index in [-0.39, 0.29) is 16.5 Å². The van der Waals surface area contributed by atoms with Gasteiger partial charge in [0.05, 0.1) is 7.11 Å². The fourth-order valence-electron chi connectivity index (χ4n) is 1.46. The molecule has 0 aliphatic heterocycles. The number of rotatable bonds is 4. The van der Waals surface area contributed by atoms with Gasteiger partial charge in [-0.1, -0.05) is 0 Å². The quantitative estimate of drug-likeness (QED) is 0.931. The molecule has 7 heteroatoms. The number of pyridine rings is 1. The Kier molecular flexibility index (Phi) is 3.66. The van der Waals surface area contributed by atoms with Crippen LogP contribution in [0.15, 0.2) is 47.5 Å². The molecule has 0 spiro atoms. The molecule has 0 fully saturated rings. The van der Waals surface area contributed by atoms with E-state index in [1.54, 1.807) is 0 Å². The Morgan fingerprint density at radius 1 is 1.21 bits per heavy atom. The Morgan fingerprint density at radius 2 is 1.89 bits per heavy atom. The first-order valence-electron chi connectivity index (χ1n) is 5.30. The number of halogens is 1. The molecule has 0 aliphatic rings. The summed E-state index contributed by atoms with van der Waals surface area (Å²) in [5, 5.41) is 0. The van der Waals surface area contributed by atoms with Gasteiger partial charge in [0, 0.05) is 11.9 Å². The molecule has 0 radical (unpaired) electrons. The topological polar surface area (TPSA) is 68.3 Å². The average molecular weight is 282 g/mol. The molecule has 1 heterocycles. The molecule has 0 unspecified atom stereocenters. The number of ether oxygens (including phenoxy) is 1. The standard InChI is InChI=1S/C12H11FN2O3S/c1-18-12-11(3-2-8-14-12)19(16,17)15-10-6-4-9(13)5-7-10/h2-8,15H,1H3. The lowest BCUT2D eigenvalue weighted by Crippen LogP contribution is -2.14. The van der Waals surface area contributed by atoms with Crippen molar-refractivity contribution in [3.63, 3.8) is 0 Å². The van der Waals surface area contributed by atoms with Crippen molar-refractivity contribution in [2.24, 2.45) is 0 Å². The van der Waals surface area contributed by atoms with Gasteiger partial charge in [0.15, 0.2) is 0 Å². The van der Waals surface area contributed by atoms with Crippen LogP contribution in [0.2, 0.25) is 0 Å². The first-order valence-corrected chi connectivity index (χ1v) is 6.78. The minimum Gasteiger partial charge on any atom is -0.480 e. The van der Waals surface area contributed by atoms with Crippen LogP contribution in [0.5, 0.6) is 5.88 Å². The molecule has 5 nitrogen and oxygen atoms in total. The lowest BCUT2D eigenvalue weighted by Gasteiger charge is -2.10. The summed E-state index contributed by atoms with van der Waals surface area (Å²) in [7, 11) is -2.50. The predicted octanol–water partition coefficient (Wildman–Crippen LogP) is 2.03. The molecule has 0 bridgehead atoms. The molecular formula is C12H11FN2O3S. The van der Waals surface area contributed by atoms with Crippen LogP contribution in [0.4, 0.5) is 10.1 Å². The van der Waals surface area contributed by atoms with Crippen molar-refractivity contribution in [1.82, 2.24) is 4.98 Å². The number of aromatic nitrogens is 1. The third kappa shape index (κ3) is 3.00. The van der Waals surface area contributed by atoms with Crippen molar-refractivity contribution in [2.75, 3.05) is 11.8 Å².